The van der Waals surface area contributed by atoms with E-state index >= 15 is 0 Å². The zero-order chi connectivity index (χ0) is 11.8. The van der Waals surface area contributed by atoms with E-state index < -0.39 is 0 Å². The van der Waals surface area contributed by atoms with Crippen LogP contribution in [0.25, 0.3) is 0 Å². The molecule has 2 aliphatic rings. The Bertz CT molecular complexity index is 398. The van der Waals surface area contributed by atoms with Crippen molar-refractivity contribution in [2.75, 3.05) is 13.6 Å². The number of aryl methyl sites for hydroxylation is 1. The molecule has 1 aromatic rings. The Balaban J connectivity index is 1.72. The second-order valence-electron chi connectivity index (χ2n) is 5.75. The van der Waals surface area contributed by atoms with Crippen LogP contribution in [0.15, 0.2) is 0 Å². The number of fused-ring (bicyclic) bond motifs is 1. The largest absolute Gasteiger partial charge is 0.303 e. The summed E-state index contributed by atoms with van der Waals surface area (Å²) in [5.74, 6) is 3.03. The van der Waals surface area contributed by atoms with E-state index in [0.717, 1.165) is 31.1 Å². The van der Waals surface area contributed by atoms with Crippen molar-refractivity contribution in [3.63, 3.8) is 0 Å². The molecule has 1 saturated heterocycles. The topological polar surface area (TPSA) is 34.0 Å². The zero-order valence-electron chi connectivity index (χ0n) is 10.9. The van der Waals surface area contributed by atoms with Crippen LogP contribution in [-0.2, 0) is 19.4 Å². The Kier molecular flexibility index (Phi) is 2.90. The van der Waals surface area contributed by atoms with Crippen LogP contribution >= 0.6 is 0 Å². The molecule has 4 nitrogen and oxygen atoms in total. The van der Waals surface area contributed by atoms with E-state index in [9.17, 15) is 0 Å². The normalized spacial score (nSPS) is 29.5. The Labute approximate surface area is 103 Å². The fraction of sp³-hybridized carbons (Fsp3) is 0.846. The summed E-state index contributed by atoms with van der Waals surface area (Å²) in [5.41, 5.74) is 0. The lowest BCUT2D eigenvalue weighted by molar-refractivity contribution is 0.305. The summed E-state index contributed by atoms with van der Waals surface area (Å²) < 4.78 is 2.14. The second-order valence-corrected chi connectivity index (χ2v) is 5.75. The van der Waals surface area contributed by atoms with Crippen molar-refractivity contribution in [3.05, 3.63) is 11.6 Å². The van der Waals surface area contributed by atoms with Crippen LogP contribution in [-0.4, -0.2) is 39.3 Å². The predicted octanol–water partition coefficient (Wildman–Crippen LogP) is 1.50. The number of nitrogens with zero attached hydrogens (tertiary/aromatic N) is 4. The average Bonchev–Trinajstić information content (AvgIpc) is 2.85. The number of likely N-dealkylation sites (tertiary alicyclic amines) is 1. The maximum Gasteiger partial charge on any atom is 0.152 e. The van der Waals surface area contributed by atoms with Gasteiger partial charge >= 0.3 is 0 Å². The van der Waals surface area contributed by atoms with Crippen molar-refractivity contribution in [2.24, 2.45) is 5.92 Å². The van der Waals surface area contributed by atoms with Gasteiger partial charge in [0.25, 0.3) is 0 Å². The number of hydrogen-bond acceptors (Lipinski definition) is 3. The molecule has 0 spiro atoms. The van der Waals surface area contributed by atoms with Gasteiger partial charge in [-0.1, -0.05) is 6.92 Å². The third kappa shape index (κ3) is 2.23. The SMILES string of the molecule is CC1CCc2nc(CC3CCCN3C)nn2C1. The summed E-state index contributed by atoms with van der Waals surface area (Å²) in [7, 11) is 2.22. The maximum absolute atomic E-state index is 4.71. The smallest absolute Gasteiger partial charge is 0.152 e. The lowest BCUT2D eigenvalue weighted by atomic mass is 10.0. The monoisotopic (exact) mass is 234 g/mol. The summed E-state index contributed by atoms with van der Waals surface area (Å²) >= 11 is 0. The molecule has 0 N–H and O–H groups in total. The van der Waals surface area contributed by atoms with Gasteiger partial charge in [0.05, 0.1) is 0 Å². The van der Waals surface area contributed by atoms with Gasteiger partial charge in [-0.15, -0.1) is 0 Å². The Hall–Kier alpha value is -0.900. The number of aromatic nitrogens is 3. The highest BCUT2D eigenvalue weighted by molar-refractivity contribution is 4.99. The molecule has 1 fully saturated rings. The van der Waals surface area contributed by atoms with Crippen LogP contribution in [0.5, 0.6) is 0 Å². The zero-order valence-corrected chi connectivity index (χ0v) is 10.9. The fourth-order valence-electron chi connectivity index (χ4n) is 3.05. The molecular weight excluding hydrogens is 212 g/mol. The summed E-state index contributed by atoms with van der Waals surface area (Å²) in [4.78, 5) is 7.16. The van der Waals surface area contributed by atoms with E-state index in [2.05, 4.69) is 28.7 Å². The lowest BCUT2D eigenvalue weighted by Gasteiger charge is -2.18. The number of rotatable bonds is 2. The molecule has 0 saturated carbocycles. The lowest BCUT2D eigenvalue weighted by Crippen LogP contribution is -2.27. The van der Waals surface area contributed by atoms with Gasteiger partial charge in [0.1, 0.15) is 5.82 Å². The first kappa shape index (κ1) is 11.2. The van der Waals surface area contributed by atoms with Crippen LogP contribution in [0.2, 0.25) is 0 Å². The van der Waals surface area contributed by atoms with Crippen LogP contribution in [0, 0.1) is 5.92 Å². The van der Waals surface area contributed by atoms with E-state index in [1.807, 2.05) is 0 Å². The maximum atomic E-state index is 4.71. The minimum Gasteiger partial charge on any atom is -0.303 e. The van der Waals surface area contributed by atoms with Crippen molar-refractivity contribution in [1.82, 2.24) is 19.7 Å². The Morgan fingerprint density at radius 2 is 2.24 bits per heavy atom. The first-order valence-electron chi connectivity index (χ1n) is 6.85. The molecule has 0 bridgehead atoms. The first-order valence-corrected chi connectivity index (χ1v) is 6.85. The average molecular weight is 234 g/mol. The second kappa shape index (κ2) is 4.41. The molecule has 0 radical (unpaired) electrons. The number of hydrogen-bond donors (Lipinski definition) is 0. The standard InChI is InChI=1S/C13H22N4/c1-10-5-6-13-14-12(15-17(13)9-10)8-11-4-3-7-16(11)2/h10-11H,3-9H2,1-2H3. The molecule has 2 unspecified atom stereocenters. The Morgan fingerprint density at radius 1 is 1.35 bits per heavy atom. The van der Waals surface area contributed by atoms with Crippen molar-refractivity contribution in [2.45, 2.75) is 51.6 Å². The van der Waals surface area contributed by atoms with Crippen LogP contribution in [0.1, 0.15) is 37.8 Å². The van der Waals surface area contributed by atoms with Gasteiger partial charge in [0, 0.05) is 25.4 Å². The van der Waals surface area contributed by atoms with Crippen LogP contribution < -0.4 is 0 Å². The summed E-state index contributed by atoms with van der Waals surface area (Å²) in [5, 5.41) is 4.68. The highest BCUT2D eigenvalue weighted by Gasteiger charge is 2.24. The summed E-state index contributed by atoms with van der Waals surface area (Å²) in [6.45, 7) is 4.59. The first-order chi connectivity index (χ1) is 8.22. The van der Waals surface area contributed by atoms with Gasteiger partial charge in [0.2, 0.25) is 0 Å². The highest BCUT2D eigenvalue weighted by Crippen LogP contribution is 2.21. The van der Waals surface area contributed by atoms with Crippen LogP contribution in [0.3, 0.4) is 0 Å². The van der Waals surface area contributed by atoms with Gasteiger partial charge < -0.3 is 4.90 Å². The van der Waals surface area contributed by atoms with Crippen molar-refractivity contribution in [1.29, 1.82) is 0 Å². The van der Waals surface area contributed by atoms with Crippen molar-refractivity contribution >= 4 is 0 Å². The Morgan fingerprint density at radius 3 is 3.00 bits per heavy atom. The predicted molar refractivity (Wildman–Crippen MR) is 66.9 cm³/mol. The minimum atomic E-state index is 0.664. The minimum absolute atomic E-state index is 0.664. The molecule has 3 rings (SSSR count). The molecule has 0 aromatic carbocycles. The quantitative estimate of drug-likeness (QED) is 0.777. The molecule has 0 amide bonds. The van der Waals surface area contributed by atoms with Gasteiger partial charge in [-0.25, -0.2) is 9.67 Å². The molecule has 17 heavy (non-hydrogen) atoms. The number of likely N-dealkylation sites (N-methyl/N-ethyl adjacent to an activating group) is 1. The van der Waals surface area contributed by atoms with Gasteiger partial charge in [0.15, 0.2) is 5.82 Å². The molecule has 2 atom stereocenters. The van der Waals surface area contributed by atoms with E-state index in [4.69, 9.17) is 4.98 Å². The van der Waals surface area contributed by atoms with E-state index in [0.29, 0.717) is 6.04 Å². The fourth-order valence-corrected chi connectivity index (χ4v) is 3.05. The molecule has 4 heteroatoms. The van der Waals surface area contributed by atoms with E-state index in [1.165, 1.54) is 31.6 Å². The van der Waals surface area contributed by atoms with Crippen molar-refractivity contribution in [3.8, 4) is 0 Å². The highest BCUT2D eigenvalue weighted by atomic mass is 15.4. The van der Waals surface area contributed by atoms with E-state index in [1.54, 1.807) is 0 Å². The van der Waals surface area contributed by atoms with Crippen LogP contribution in [0.4, 0.5) is 0 Å². The molecule has 0 aliphatic carbocycles. The van der Waals surface area contributed by atoms with Gasteiger partial charge in [-0.2, -0.15) is 5.10 Å². The molecule has 1 aromatic heterocycles. The summed E-state index contributed by atoms with van der Waals surface area (Å²) in [6.07, 6.45) is 6.03. The third-order valence-electron chi connectivity index (χ3n) is 4.23. The molecule has 3 heterocycles. The van der Waals surface area contributed by atoms with Gasteiger partial charge in [-0.3, -0.25) is 0 Å². The van der Waals surface area contributed by atoms with Crippen molar-refractivity contribution < 1.29 is 0 Å². The summed E-state index contributed by atoms with van der Waals surface area (Å²) in [6, 6.07) is 0.664. The third-order valence-corrected chi connectivity index (χ3v) is 4.23. The van der Waals surface area contributed by atoms with E-state index in [-0.39, 0.29) is 0 Å². The molecule has 2 aliphatic heterocycles. The molecular formula is C13H22N4. The van der Waals surface area contributed by atoms with Gasteiger partial charge in [-0.05, 0) is 38.8 Å². The molecule has 94 valence electrons.